The second kappa shape index (κ2) is 6.32. The van der Waals surface area contributed by atoms with Crippen molar-refractivity contribution in [2.24, 2.45) is 0 Å². The molecule has 23 heavy (non-hydrogen) atoms. The van der Waals surface area contributed by atoms with E-state index in [1.54, 1.807) is 24.0 Å². The normalized spacial score (nSPS) is 18.0. The number of piperidine rings is 1. The minimum absolute atomic E-state index is 0.0351. The quantitative estimate of drug-likeness (QED) is 0.924. The molecule has 120 valence electrons. The van der Waals surface area contributed by atoms with Gasteiger partial charge in [0.2, 0.25) is 0 Å². The Balaban J connectivity index is 1.82. The standard InChI is InChI=1S/C17H18FN3O2/c1-11-9-15(22)20-16(19-11)12-5-4-8-21(10-12)17(23)13-6-2-3-7-14(13)18/h2-3,6-7,9,12H,4-5,8,10H2,1H3,(H,19,20,22). The van der Waals surface area contributed by atoms with Crippen LogP contribution >= 0.6 is 0 Å². The molecule has 0 radical (unpaired) electrons. The first-order chi connectivity index (χ1) is 11.0. The topological polar surface area (TPSA) is 66.1 Å². The van der Waals surface area contributed by atoms with E-state index in [2.05, 4.69) is 9.97 Å². The van der Waals surface area contributed by atoms with E-state index in [1.807, 2.05) is 0 Å². The van der Waals surface area contributed by atoms with Gasteiger partial charge in [0.05, 0.1) is 5.56 Å². The van der Waals surface area contributed by atoms with Gasteiger partial charge in [0.1, 0.15) is 11.6 Å². The van der Waals surface area contributed by atoms with E-state index in [9.17, 15) is 14.0 Å². The fraction of sp³-hybridized carbons (Fsp3) is 0.353. The summed E-state index contributed by atoms with van der Waals surface area (Å²) in [6.45, 7) is 2.78. The van der Waals surface area contributed by atoms with Crippen LogP contribution in [0.4, 0.5) is 4.39 Å². The maximum Gasteiger partial charge on any atom is 0.256 e. The molecule has 1 unspecified atom stereocenters. The van der Waals surface area contributed by atoms with Crippen LogP contribution in [-0.2, 0) is 0 Å². The summed E-state index contributed by atoms with van der Waals surface area (Å²) in [5, 5.41) is 0. The molecule has 1 saturated heterocycles. The lowest BCUT2D eigenvalue weighted by Gasteiger charge is -2.32. The number of nitrogens with one attached hydrogen (secondary N) is 1. The molecule has 1 aliphatic rings. The van der Waals surface area contributed by atoms with E-state index in [0.29, 0.717) is 24.6 Å². The SMILES string of the molecule is Cc1cc(=O)[nH]c(C2CCCN(C(=O)c3ccccc3F)C2)n1. The molecule has 1 amide bonds. The van der Waals surface area contributed by atoms with Gasteiger partial charge in [-0.3, -0.25) is 9.59 Å². The van der Waals surface area contributed by atoms with Crippen LogP contribution in [0.25, 0.3) is 0 Å². The maximum atomic E-state index is 13.8. The summed E-state index contributed by atoms with van der Waals surface area (Å²) >= 11 is 0. The van der Waals surface area contributed by atoms with Gasteiger partial charge >= 0.3 is 0 Å². The molecule has 2 heterocycles. The number of H-pyrrole nitrogens is 1. The molecule has 0 aliphatic carbocycles. The number of rotatable bonds is 2. The van der Waals surface area contributed by atoms with E-state index < -0.39 is 5.82 Å². The molecule has 0 saturated carbocycles. The Kier molecular flexibility index (Phi) is 4.23. The monoisotopic (exact) mass is 315 g/mol. The van der Waals surface area contributed by atoms with Gasteiger partial charge in [-0.25, -0.2) is 9.37 Å². The molecule has 1 aromatic heterocycles. The molecule has 2 aromatic rings. The van der Waals surface area contributed by atoms with Gasteiger partial charge in [-0.2, -0.15) is 0 Å². The van der Waals surface area contributed by atoms with Crippen molar-refractivity contribution in [3.8, 4) is 0 Å². The molecule has 0 spiro atoms. The number of aryl methyl sites for hydroxylation is 1. The molecule has 5 nitrogen and oxygen atoms in total. The van der Waals surface area contributed by atoms with Gasteiger partial charge in [-0.15, -0.1) is 0 Å². The number of amides is 1. The highest BCUT2D eigenvalue weighted by molar-refractivity contribution is 5.94. The van der Waals surface area contributed by atoms with Crippen LogP contribution in [0.15, 0.2) is 35.1 Å². The number of carbonyl (C=O) groups is 1. The fourth-order valence-electron chi connectivity index (χ4n) is 2.99. The highest BCUT2D eigenvalue weighted by Crippen LogP contribution is 2.25. The Labute approximate surface area is 133 Å². The van der Waals surface area contributed by atoms with Crippen LogP contribution in [0.3, 0.4) is 0 Å². The summed E-state index contributed by atoms with van der Waals surface area (Å²) in [5.41, 5.74) is 0.546. The van der Waals surface area contributed by atoms with Crippen molar-refractivity contribution < 1.29 is 9.18 Å². The smallest absolute Gasteiger partial charge is 0.256 e. The zero-order valence-corrected chi connectivity index (χ0v) is 12.9. The Morgan fingerprint density at radius 3 is 2.91 bits per heavy atom. The fourth-order valence-corrected chi connectivity index (χ4v) is 2.99. The third-order valence-electron chi connectivity index (χ3n) is 4.09. The van der Waals surface area contributed by atoms with E-state index in [0.717, 1.165) is 12.8 Å². The number of halogens is 1. The van der Waals surface area contributed by atoms with Crippen LogP contribution in [-0.4, -0.2) is 33.9 Å². The lowest BCUT2D eigenvalue weighted by Crippen LogP contribution is -2.40. The van der Waals surface area contributed by atoms with Crippen molar-refractivity contribution in [1.82, 2.24) is 14.9 Å². The van der Waals surface area contributed by atoms with E-state index in [-0.39, 0.29) is 22.9 Å². The molecule has 1 atom stereocenters. The number of benzene rings is 1. The minimum atomic E-state index is -0.512. The largest absolute Gasteiger partial charge is 0.338 e. The minimum Gasteiger partial charge on any atom is -0.338 e. The zero-order valence-electron chi connectivity index (χ0n) is 12.9. The first kappa shape index (κ1) is 15.4. The number of likely N-dealkylation sites (tertiary alicyclic amines) is 1. The molecule has 3 rings (SSSR count). The van der Waals surface area contributed by atoms with Crippen molar-refractivity contribution >= 4 is 5.91 Å². The summed E-state index contributed by atoms with van der Waals surface area (Å²) in [7, 11) is 0. The van der Waals surface area contributed by atoms with Gasteiger partial charge in [-0.1, -0.05) is 12.1 Å². The summed E-state index contributed by atoms with van der Waals surface area (Å²) in [6.07, 6.45) is 1.63. The molecule has 1 aromatic carbocycles. The maximum absolute atomic E-state index is 13.8. The van der Waals surface area contributed by atoms with Crippen molar-refractivity contribution in [3.63, 3.8) is 0 Å². The highest BCUT2D eigenvalue weighted by Gasteiger charge is 2.28. The van der Waals surface area contributed by atoms with Crippen LogP contribution < -0.4 is 5.56 Å². The average Bonchev–Trinajstić information content (AvgIpc) is 2.54. The van der Waals surface area contributed by atoms with E-state index in [4.69, 9.17) is 0 Å². The predicted octanol–water partition coefficient (Wildman–Crippen LogP) is 2.24. The predicted molar refractivity (Wildman–Crippen MR) is 83.9 cm³/mol. The van der Waals surface area contributed by atoms with Gasteiger partial charge in [0, 0.05) is 30.8 Å². The van der Waals surface area contributed by atoms with Crippen LogP contribution in [0, 0.1) is 12.7 Å². The van der Waals surface area contributed by atoms with Crippen LogP contribution in [0.5, 0.6) is 0 Å². The molecule has 1 fully saturated rings. The number of nitrogens with zero attached hydrogens (tertiary/aromatic N) is 2. The van der Waals surface area contributed by atoms with Crippen molar-refractivity contribution in [1.29, 1.82) is 0 Å². The molecular weight excluding hydrogens is 297 g/mol. The Morgan fingerprint density at radius 1 is 1.39 bits per heavy atom. The number of hydrogen-bond acceptors (Lipinski definition) is 3. The second-order valence-corrected chi connectivity index (χ2v) is 5.84. The lowest BCUT2D eigenvalue weighted by atomic mass is 9.96. The van der Waals surface area contributed by atoms with Gasteiger partial charge < -0.3 is 9.88 Å². The Bertz CT molecular complexity index is 787. The summed E-state index contributed by atoms with van der Waals surface area (Å²) in [5.74, 6) is -0.266. The molecule has 6 heteroatoms. The third-order valence-corrected chi connectivity index (χ3v) is 4.09. The van der Waals surface area contributed by atoms with Crippen molar-refractivity contribution in [3.05, 3.63) is 63.6 Å². The number of aromatic nitrogens is 2. The second-order valence-electron chi connectivity index (χ2n) is 5.84. The lowest BCUT2D eigenvalue weighted by molar-refractivity contribution is 0.0699. The van der Waals surface area contributed by atoms with Crippen LogP contribution in [0.2, 0.25) is 0 Å². The first-order valence-electron chi connectivity index (χ1n) is 7.66. The van der Waals surface area contributed by atoms with Crippen molar-refractivity contribution in [2.75, 3.05) is 13.1 Å². The highest BCUT2D eigenvalue weighted by atomic mass is 19.1. The summed E-state index contributed by atoms with van der Waals surface area (Å²) in [6, 6.07) is 7.43. The van der Waals surface area contributed by atoms with Gasteiger partial charge in [0.15, 0.2) is 0 Å². The first-order valence-corrected chi connectivity index (χ1v) is 7.66. The zero-order chi connectivity index (χ0) is 16.4. The Morgan fingerprint density at radius 2 is 2.17 bits per heavy atom. The van der Waals surface area contributed by atoms with Crippen molar-refractivity contribution in [2.45, 2.75) is 25.7 Å². The number of hydrogen-bond donors (Lipinski definition) is 1. The number of aromatic amines is 1. The molecule has 0 bridgehead atoms. The average molecular weight is 315 g/mol. The van der Waals surface area contributed by atoms with Crippen LogP contribution in [0.1, 0.15) is 40.6 Å². The molecule has 1 aliphatic heterocycles. The number of carbonyl (C=O) groups excluding carboxylic acids is 1. The molecule has 1 N–H and O–H groups in total. The summed E-state index contributed by atoms with van der Waals surface area (Å²) in [4.78, 5) is 32.9. The summed E-state index contributed by atoms with van der Waals surface area (Å²) < 4.78 is 13.8. The molecular formula is C17H18FN3O2. The Hall–Kier alpha value is -2.50. The van der Waals surface area contributed by atoms with Gasteiger partial charge in [-0.05, 0) is 31.9 Å². The van der Waals surface area contributed by atoms with Gasteiger partial charge in [0.25, 0.3) is 11.5 Å². The third kappa shape index (κ3) is 3.31. The van der Waals surface area contributed by atoms with E-state index in [1.165, 1.54) is 18.2 Å². The van der Waals surface area contributed by atoms with E-state index >= 15 is 0 Å².